The van der Waals surface area contributed by atoms with Crippen LogP contribution >= 0.6 is 11.8 Å². The van der Waals surface area contributed by atoms with Crippen LogP contribution in [0.1, 0.15) is 44.9 Å². The van der Waals surface area contributed by atoms with Crippen molar-refractivity contribution in [1.82, 2.24) is 10.3 Å². The lowest BCUT2D eigenvalue weighted by Gasteiger charge is -2.29. The molecule has 2 N–H and O–H groups in total. The summed E-state index contributed by atoms with van der Waals surface area (Å²) in [4.78, 5) is 16.0. The van der Waals surface area contributed by atoms with Gasteiger partial charge in [-0.1, -0.05) is 13.8 Å². The zero-order valence-corrected chi connectivity index (χ0v) is 14.4. The van der Waals surface area contributed by atoms with E-state index >= 15 is 0 Å². The van der Waals surface area contributed by atoms with E-state index in [1.165, 1.54) is 5.56 Å². The van der Waals surface area contributed by atoms with Crippen molar-refractivity contribution < 1.29 is 9.90 Å². The van der Waals surface area contributed by atoms with Crippen molar-refractivity contribution in [2.24, 2.45) is 0 Å². The Morgan fingerprint density at radius 1 is 1.48 bits per heavy atom. The number of nitrogens with one attached hydrogen (secondary N) is 1. The lowest BCUT2D eigenvalue weighted by molar-refractivity contribution is -0.144. The quantitative estimate of drug-likeness (QED) is 0.720. The van der Waals surface area contributed by atoms with Gasteiger partial charge in [0.1, 0.15) is 5.54 Å². The first kappa shape index (κ1) is 18.0. The Bertz CT molecular complexity index is 473. The highest BCUT2D eigenvalue weighted by Crippen LogP contribution is 2.28. The van der Waals surface area contributed by atoms with E-state index in [9.17, 15) is 9.90 Å². The Morgan fingerprint density at radius 3 is 2.67 bits per heavy atom. The third-order valence-electron chi connectivity index (χ3n) is 3.33. The van der Waals surface area contributed by atoms with Crippen LogP contribution in [0.3, 0.4) is 0 Å². The molecule has 0 radical (unpaired) electrons. The smallest absolute Gasteiger partial charge is 0.323 e. The van der Waals surface area contributed by atoms with Gasteiger partial charge in [-0.15, -0.1) is 11.8 Å². The Morgan fingerprint density at radius 2 is 2.14 bits per heavy atom. The molecule has 2 unspecified atom stereocenters. The molecule has 0 aliphatic rings. The van der Waals surface area contributed by atoms with E-state index in [4.69, 9.17) is 0 Å². The monoisotopic (exact) mass is 310 g/mol. The zero-order chi connectivity index (χ0) is 16.0. The summed E-state index contributed by atoms with van der Waals surface area (Å²) in [6.45, 7) is 10.6. The normalized spacial score (nSPS) is 15.5. The molecule has 21 heavy (non-hydrogen) atoms. The van der Waals surface area contributed by atoms with Gasteiger partial charge >= 0.3 is 5.97 Å². The first-order valence-corrected chi connectivity index (χ1v) is 8.25. The molecule has 0 aliphatic carbocycles. The maximum atomic E-state index is 11.5. The van der Waals surface area contributed by atoms with Crippen molar-refractivity contribution in [3.05, 3.63) is 23.4 Å². The van der Waals surface area contributed by atoms with Gasteiger partial charge in [0.15, 0.2) is 0 Å². The van der Waals surface area contributed by atoms with Gasteiger partial charge in [0.05, 0.1) is 5.03 Å². The molecule has 0 amide bonds. The van der Waals surface area contributed by atoms with Crippen LogP contribution in [0.25, 0.3) is 0 Å². The summed E-state index contributed by atoms with van der Waals surface area (Å²) in [6, 6.07) is 4.09. The van der Waals surface area contributed by atoms with Crippen LogP contribution in [0.15, 0.2) is 17.2 Å². The molecule has 0 fully saturated rings. The number of nitrogens with zero attached hydrogens (tertiary/aromatic N) is 1. The van der Waals surface area contributed by atoms with Gasteiger partial charge in [0.25, 0.3) is 0 Å². The van der Waals surface area contributed by atoms with E-state index in [0.717, 1.165) is 17.1 Å². The summed E-state index contributed by atoms with van der Waals surface area (Å²) in [5, 5.41) is 13.8. The molecule has 0 saturated carbocycles. The van der Waals surface area contributed by atoms with E-state index < -0.39 is 11.5 Å². The summed E-state index contributed by atoms with van der Waals surface area (Å²) < 4.78 is 0. The average Bonchev–Trinajstić information content (AvgIpc) is 2.34. The summed E-state index contributed by atoms with van der Waals surface area (Å²) in [7, 11) is 0. The fourth-order valence-electron chi connectivity index (χ4n) is 2.32. The molecular weight excluding hydrogens is 284 g/mol. The molecule has 0 bridgehead atoms. The van der Waals surface area contributed by atoms with Gasteiger partial charge < -0.3 is 10.4 Å². The van der Waals surface area contributed by atoms with Crippen LogP contribution in [0, 0.1) is 13.8 Å². The Hall–Kier alpha value is -1.07. The van der Waals surface area contributed by atoms with Crippen molar-refractivity contribution in [2.75, 3.05) is 6.54 Å². The van der Waals surface area contributed by atoms with E-state index in [1.54, 1.807) is 18.7 Å². The minimum Gasteiger partial charge on any atom is -0.480 e. The maximum Gasteiger partial charge on any atom is 0.323 e. The van der Waals surface area contributed by atoms with Crippen molar-refractivity contribution >= 4 is 17.7 Å². The molecule has 0 spiro atoms. The SMILES string of the molecule is CCCNC(C)(CC(C)Sc1cc(C)cc(C)n1)C(=O)O. The molecule has 0 aliphatic heterocycles. The fraction of sp³-hybridized carbons (Fsp3) is 0.625. The molecular formula is C16H26N2O2S. The molecule has 0 saturated heterocycles. The maximum absolute atomic E-state index is 11.5. The van der Waals surface area contributed by atoms with Gasteiger partial charge in [-0.25, -0.2) is 4.98 Å². The lowest BCUT2D eigenvalue weighted by atomic mass is 9.96. The number of carboxylic acid groups (broad SMARTS) is 1. The van der Waals surface area contributed by atoms with E-state index in [0.29, 0.717) is 13.0 Å². The summed E-state index contributed by atoms with van der Waals surface area (Å²) in [5.74, 6) is -0.795. The first-order valence-electron chi connectivity index (χ1n) is 7.37. The van der Waals surface area contributed by atoms with Crippen LogP contribution in [0.5, 0.6) is 0 Å². The van der Waals surface area contributed by atoms with Crippen LogP contribution in [0.4, 0.5) is 0 Å². The average molecular weight is 310 g/mol. The van der Waals surface area contributed by atoms with Crippen LogP contribution in [0.2, 0.25) is 0 Å². The fourth-order valence-corrected chi connectivity index (χ4v) is 3.60. The molecule has 1 rings (SSSR count). The van der Waals surface area contributed by atoms with E-state index in [-0.39, 0.29) is 5.25 Å². The lowest BCUT2D eigenvalue weighted by Crippen LogP contribution is -2.51. The minimum atomic E-state index is -0.888. The number of carboxylic acids is 1. The number of carbonyl (C=O) groups is 1. The van der Waals surface area contributed by atoms with Gasteiger partial charge in [-0.2, -0.15) is 0 Å². The van der Waals surface area contributed by atoms with Crippen LogP contribution < -0.4 is 5.32 Å². The molecule has 118 valence electrons. The number of hydrogen-bond donors (Lipinski definition) is 2. The molecule has 1 aromatic rings. The summed E-state index contributed by atoms with van der Waals surface area (Å²) >= 11 is 1.64. The zero-order valence-electron chi connectivity index (χ0n) is 13.6. The minimum absolute atomic E-state index is 0.171. The molecule has 5 heteroatoms. The predicted molar refractivity (Wildman–Crippen MR) is 88.0 cm³/mol. The number of rotatable bonds is 8. The number of hydrogen-bond acceptors (Lipinski definition) is 4. The Labute approximate surface area is 131 Å². The number of aromatic nitrogens is 1. The van der Waals surface area contributed by atoms with E-state index in [1.807, 2.05) is 32.9 Å². The third-order valence-corrected chi connectivity index (χ3v) is 4.35. The van der Waals surface area contributed by atoms with Crippen molar-refractivity contribution in [1.29, 1.82) is 0 Å². The second kappa shape index (κ2) is 7.80. The van der Waals surface area contributed by atoms with Crippen LogP contribution in [-0.2, 0) is 4.79 Å². The highest BCUT2D eigenvalue weighted by atomic mass is 32.2. The second-order valence-corrected chi connectivity index (χ2v) is 7.28. The summed E-state index contributed by atoms with van der Waals surface area (Å²) in [5.41, 5.74) is 1.29. The number of thioether (sulfide) groups is 1. The van der Waals surface area contributed by atoms with Crippen molar-refractivity contribution in [3.63, 3.8) is 0 Å². The molecule has 2 atom stereocenters. The summed E-state index contributed by atoms with van der Waals surface area (Å²) in [6.07, 6.45) is 1.48. The largest absolute Gasteiger partial charge is 0.480 e. The van der Waals surface area contributed by atoms with Gasteiger partial charge in [0.2, 0.25) is 0 Å². The highest BCUT2D eigenvalue weighted by molar-refractivity contribution is 7.99. The van der Waals surface area contributed by atoms with E-state index in [2.05, 4.69) is 17.2 Å². The second-order valence-electron chi connectivity index (χ2n) is 5.82. The van der Waals surface area contributed by atoms with Crippen LogP contribution in [-0.4, -0.2) is 33.4 Å². The molecule has 0 aromatic carbocycles. The van der Waals surface area contributed by atoms with Gasteiger partial charge in [-0.3, -0.25) is 4.79 Å². The molecule has 1 aromatic heterocycles. The van der Waals surface area contributed by atoms with Crippen molar-refractivity contribution in [2.45, 2.75) is 63.3 Å². The van der Waals surface area contributed by atoms with Gasteiger partial charge in [0, 0.05) is 10.9 Å². The topological polar surface area (TPSA) is 62.2 Å². The highest BCUT2D eigenvalue weighted by Gasteiger charge is 2.34. The Kier molecular flexibility index (Phi) is 6.68. The molecule has 4 nitrogen and oxygen atoms in total. The number of aliphatic carboxylic acids is 1. The van der Waals surface area contributed by atoms with Crippen molar-refractivity contribution in [3.8, 4) is 0 Å². The Balaban J connectivity index is 2.73. The number of pyridine rings is 1. The first-order chi connectivity index (χ1) is 9.76. The number of aryl methyl sites for hydroxylation is 2. The third kappa shape index (κ3) is 5.67. The predicted octanol–water partition coefficient (Wildman–Crippen LogP) is 3.41. The van der Waals surface area contributed by atoms with Gasteiger partial charge in [-0.05, 0) is 57.9 Å². The standard InChI is InChI=1S/C16H26N2O2S/c1-6-7-17-16(5,15(19)20)10-13(4)21-14-9-11(2)8-12(3)18-14/h8-9,13,17H,6-7,10H2,1-5H3,(H,19,20). The molecule has 1 heterocycles.